The van der Waals surface area contributed by atoms with Gasteiger partial charge in [-0.25, -0.2) is 0 Å². The number of hydrogen-bond donors (Lipinski definition) is 1. The minimum atomic E-state index is 0.561. The molecule has 0 aromatic heterocycles. The van der Waals surface area contributed by atoms with Gasteiger partial charge in [0, 0.05) is 38.3 Å². The Kier molecular flexibility index (Phi) is 5.42. The van der Waals surface area contributed by atoms with Crippen molar-refractivity contribution in [2.75, 3.05) is 40.4 Å². The van der Waals surface area contributed by atoms with Crippen molar-refractivity contribution in [3.63, 3.8) is 0 Å². The molecular weight excluding hydrogens is 226 g/mol. The minimum Gasteiger partial charge on any atom is -0.383 e. The number of fused-ring (bicyclic) bond motifs is 2. The smallest absolute Gasteiger partial charge is 0.0618 e. The molecule has 0 aromatic rings. The van der Waals surface area contributed by atoms with Crippen LogP contribution in [0.3, 0.4) is 0 Å². The second-order valence-electron chi connectivity index (χ2n) is 5.87. The summed E-state index contributed by atoms with van der Waals surface area (Å²) in [7, 11) is 4.11. The molecule has 0 aliphatic carbocycles. The molecule has 0 amide bonds. The van der Waals surface area contributed by atoms with Gasteiger partial charge in [-0.3, -0.25) is 9.80 Å². The summed E-state index contributed by atoms with van der Waals surface area (Å²) < 4.78 is 5.41. The molecule has 2 aliphatic rings. The van der Waals surface area contributed by atoms with Crippen molar-refractivity contribution >= 4 is 0 Å². The Morgan fingerprint density at radius 3 is 2.78 bits per heavy atom. The lowest BCUT2D eigenvalue weighted by molar-refractivity contribution is 0.0776. The Morgan fingerprint density at radius 1 is 1.28 bits per heavy atom. The Hall–Kier alpha value is -0.160. The van der Waals surface area contributed by atoms with Gasteiger partial charge in [-0.15, -0.1) is 0 Å². The second kappa shape index (κ2) is 6.85. The zero-order valence-electron chi connectivity index (χ0n) is 12.0. The average Bonchev–Trinajstić information content (AvgIpc) is 2.59. The lowest BCUT2D eigenvalue weighted by Gasteiger charge is -2.33. The van der Waals surface area contributed by atoms with Crippen LogP contribution in [0, 0.1) is 0 Å². The summed E-state index contributed by atoms with van der Waals surface area (Å²) in [4.78, 5) is 5.26. The number of likely N-dealkylation sites (tertiary alicyclic amines) is 1. The summed E-state index contributed by atoms with van der Waals surface area (Å²) in [5, 5.41) is 0. The molecule has 3 unspecified atom stereocenters. The standard InChI is InChI=1S/C14H29N3O/c1-16-12-5-6-13(16)10-17(9-7-12)14(11-18-2)4-3-8-15/h12-14H,3-11,15H2,1-2H3. The number of likely N-dealkylation sites (N-methyl/N-ethyl adjacent to an activating group) is 1. The normalized spacial score (nSPS) is 31.5. The summed E-state index contributed by atoms with van der Waals surface area (Å²) in [6, 6.07) is 2.14. The lowest BCUT2D eigenvalue weighted by Crippen LogP contribution is -2.44. The number of ether oxygens (including phenoxy) is 1. The summed E-state index contributed by atoms with van der Waals surface area (Å²) in [5.74, 6) is 0. The van der Waals surface area contributed by atoms with E-state index in [9.17, 15) is 0 Å². The number of rotatable bonds is 6. The molecule has 0 radical (unpaired) electrons. The zero-order chi connectivity index (χ0) is 13.0. The number of nitrogens with zero attached hydrogens (tertiary/aromatic N) is 2. The van der Waals surface area contributed by atoms with Crippen LogP contribution in [-0.4, -0.2) is 68.3 Å². The van der Waals surface area contributed by atoms with Crippen LogP contribution < -0.4 is 5.73 Å². The molecular formula is C14H29N3O. The first-order chi connectivity index (χ1) is 8.76. The molecule has 0 saturated carbocycles. The molecule has 2 rings (SSSR count). The summed E-state index contributed by atoms with van der Waals surface area (Å²) in [5.41, 5.74) is 5.65. The van der Waals surface area contributed by atoms with Crippen LogP contribution in [-0.2, 0) is 4.74 Å². The third-order valence-electron chi connectivity index (χ3n) is 4.80. The largest absolute Gasteiger partial charge is 0.383 e. The van der Waals surface area contributed by atoms with Crippen molar-refractivity contribution in [2.24, 2.45) is 5.73 Å². The van der Waals surface area contributed by atoms with E-state index >= 15 is 0 Å². The first-order valence-electron chi connectivity index (χ1n) is 7.41. The maximum atomic E-state index is 5.65. The van der Waals surface area contributed by atoms with E-state index in [-0.39, 0.29) is 0 Å². The van der Waals surface area contributed by atoms with E-state index in [1.807, 2.05) is 7.11 Å². The molecule has 4 nitrogen and oxygen atoms in total. The fourth-order valence-electron chi connectivity index (χ4n) is 3.58. The topological polar surface area (TPSA) is 41.7 Å². The van der Waals surface area contributed by atoms with E-state index in [0.717, 1.165) is 31.7 Å². The van der Waals surface area contributed by atoms with Gasteiger partial charge in [-0.05, 0) is 45.7 Å². The monoisotopic (exact) mass is 255 g/mol. The molecule has 2 fully saturated rings. The van der Waals surface area contributed by atoms with Crippen LogP contribution in [0.1, 0.15) is 32.1 Å². The molecule has 3 atom stereocenters. The van der Waals surface area contributed by atoms with Crippen LogP contribution in [0.25, 0.3) is 0 Å². The quantitative estimate of drug-likeness (QED) is 0.766. The van der Waals surface area contributed by atoms with Crippen LogP contribution in [0.5, 0.6) is 0 Å². The predicted octanol–water partition coefficient (Wildman–Crippen LogP) is 0.909. The highest BCUT2D eigenvalue weighted by Gasteiger charge is 2.36. The first-order valence-corrected chi connectivity index (χ1v) is 7.41. The van der Waals surface area contributed by atoms with Crippen LogP contribution in [0.4, 0.5) is 0 Å². The summed E-state index contributed by atoms with van der Waals surface area (Å²) >= 11 is 0. The van der Waals surface area contributed by atoms with Crippen molar-refractivity contribution in [2.45, 2.75) is 50.2 Å². The van der Waals surface area contributed by atoms with Gasteiger partial charge in [0.2, 0.25) is 0 Å². The molecule has 2 N–H and O–H groups in total. The zero-order valence-corrected chi connectivity index (χ0v) is 12.0. The molecule has 4 heteroatoms. The maximum absolute atomic E-state index is 5.65. The fraction of sp³-hybridized carbons (Fsp3) is 1.00. The van der Waals surface area contributed by atoms with Crippen molar-refractivity contribution < 1.29 is 4.74 Å². The molecule has 106 valence electrons. The molecule has 2 heterocycles. The van der Waals surface area contributed by atoms with Gasteiger partial charge in [-0.1, -0.05) is 0 Å². The van der Waals surface area contributed by atoms with Gasteiger partial charge >= 0.3 is 0 Å². The SMILES string of the molecule is COCC(CCCN)N1CCC2CCC(C1)N2C. The van der Waals surface area contributed by atoms with Gasteiger partial charge < -0.3 is 10.5 Å². The summed E-state index contributed by atoms with van der Waals surface area (Å²) in [6.07, 6.45) is 6.36. The Bertz CT molecular complexity index is 249. The van der Waals surface area contributed by atoms with Crippen molar-refractivity contribution in [3.05, 3.63) is 0 Å². The lowest BCUT2D eigenvalue weighted by atomic mass is 10.0. The van der Waals surface area contributed by atoms with E-state index in [1.165, 1.54) is 38.8 Å². The number of hydrogen-bond acceptors (Lipinski definition) is 4. The average molecular weight is 255 g/mol. The second-order valence-corrected chi connectivity index (χ2v) is 5.87. The van der Waals surface area contributed by atoms with Gasteiger partial charge in [0.1, 0.15) is 0 Å². The molecule has 18 heavy (non-hydrogen) atoms. The number of nitrogens with two attached hydrogens (primary N) is 1. The van der Waals surface area contributed by atoms with E-state index < -0.39 is 0 Å². The highest BCUT2D eigenvalue weighted by atomic mass is 16.5. The highest BCUT2D eigenvalue weighted by molar-refractivity contribution is 4.92. The van der Waals surface area contributed by atoms with Crippen molar-refractivity contribution in [1.29, 1.82) is 0 Å². The van der Waals surface area contributed by atoms with E-state index in [0.29, 0.717) is 6.04 Å². The highest BCUT2D eigenvalue weighted by Crippen LogP contribution is 2.29. The number of methoxy groups -OCH3 is 1. The minimum absolute atomic E-state index is 0.561. The van der Waals surface area contributed by atoms with Crippen molar-refractivity contribution in [3.8, 4) is 0 Å². The summed E-state index contributed by atoms with van der Waals surface area (Å²) in [6.45, 7) is 4.08. The van der Waals surface area contributed by atoms with E-state index in [2.05, 4.69) is 16.8 Å². The van der Waals surface area contributed by atoms with Crippen molar-refractivity contribution in [1.82, 2.24) is 9.80 Å². The molecule has 2 saturated heterocycles. The third kappa shape index (κ3) is 3.23. The van der Waals surface area contributed by atoms with Gasteiger partial charge in [0.15, 0.2) is 0 Å². The predicted molar refractivity (Wildman–Crippen MR) is 74.7 cm³/mol. The van der Waals surface area contributed by atoms with Gasteiger partial charge in [0.05, 0.1) is 6.61 Å². The van der Waals surface area contributed by atoms with Crippen LogP contribution in [0.15, 0.2) is 0 Å². The molecule has 0 spiro atoms. The van der Waals surface area contributed by atoms with Crippen LogP contribution >= 0.6 is 0 Å². The Morgan fingerprint density at radius 2 is 2.06 bits per heavy atom. The Balaban J connectivity index is 1.93. The molecule has 2 aliphatic heterocycles. The molecule has 2 bridgehead atoms. The van der Waals surface area contributed by atoms with Gasteiger partial charge in [-0.2, -0.15) is 0 Å². The molecule has 0 aromatic carbocycles. The van der Waals surface area contributed by atoms with E-state index in [1.54, 1.807) is 0 Å². The first kappa shape index (κ1) is 14.3. The van der Waals surface area contributed by atoms with Crippen LogP contribution in [0.2, 0.25) is 0 Å². The fourth-order valence-corrected chi connectivity index (χ4v) is 3.58. The third-order valence-corrected chi connectivity index (χ3v) is 4.80. The van der Waals surface area contributed by atoms with Gasteiger partial charge in [0.25, 0.3) is 0 Å². The Labute approximate surface area is 111 Å². The maximum Gasteiger partial charge on any atom is 0.0618 e. The van der Waals surface area contributed by atoms with E-state index in [4.69, 9.17) is 10.5 Å².